The largest absolute Gasteiger partial charge is 0.452 e. The molecule has 4 nitrogen and oxygen atoms in total. The molecule has 1 N–H and O–H groups in total. The minimum absolute atomic E-state index is 0.114. The van der Waals surface area contributed by atoms with Crippen molar-refractivity contribution in [3.63, 3.8) is 0 Å². The van der Waals surface area contributed by atoms with Crippen LogP contribution in [0.25, 0.3) is 6.08 Å². The molecule has 0 aliphatic heterocycles. The maximum absolute atomic E-state index is 12.0. The van der Waals surface area contributed by atoms with Gasteiger partial charge in [-0.1, -0.05) is 64.8 Å². The summed E-state index contributed by atoms with van der Waals surface area (Å²) in [5, 5.41) is 2.88. The van der Waals surface area contributed by atoms with Crippen LogP contribution in [0.1, 0.15) is 36.1 Å². The maximum atomic E-state index is 12.0. The first-order chi connectivity index (χ1) is 12.5. The van der Waals surface area contributed by atoms with E-state index in [1.165, 1.54) is 6.08 Å². The average Bonchev–Trinajstić information content (AvgIpc) is 2.65. The predicted molar refractivity (Wildman–Crippen MR) is 106 cm³/mol. The molecule has 0 saturated carbocycles. The van der Waals surface area contributed by atoms with Crippen molar-refractivity contribution in [2.45, 2.75) is 26.3 Å². The molecule has 2 aromatic carbocycles. The Balaban J connectivity index is 1.82. The molecule has 0 bridgehead atoms. The van der Waals surface area contributed by atoms with Gasteiger partial charge in [0, 0.05) is 10.5 Å². The summed E-state index contributed by atoms with van der Waals surface area (Å²) in [6, 6.07) is 15.4. The number of benzene rings is 2. The summed E-state index contributed by atoms with van der Waals surface area (Å²) in [5.41, 5.74) is 3.06. The molecule has 2 rings (SSSR count). The highest BCUT2D eigenvalue weighted by Gasteiger charge is 2.13. The van der Waals surface area contributed by atoms with E-state index in [9.17, 15) is 9.59 Å². The van der Waals surface area contributed by atoms with Gasteiger partial charge in [-0.3, -0.25) is 4.79 Å². The maximum Gasteiger partial charge on any atom is 0.331 e. The van der Waals surface area contributed by atoms with E-state index in [1.54, 1.807) is 6.08 Å². The van der Waals surface area contributed by atoms with Crippen molar-refractivity contribution < 1.29 is 14.3 Å². The number of esters is 1. The van der Waals surface area contributed by atoms with Gasteiger partial charge in [0.1, 0.15) is 0 Å². The van der Waals surface area contributed by atoms with Crippen molar-refractivity contribution in [1.29, 1.82) is 0 Å². The fraction of sp³-hybridized carbons (Fsp3) is 0.238. The SMILES string of the molecule is CC[C@H](NC(=O)COC(=O)/C=C/c1ccc(C)cc1)c1ccc(Br)cc1. The molecular formula is C21H22BrNO3. The molecule has 0 spiro atoms. The number of rotatable bonds is 7. The van der Waals surface area contributed by atoms with Gasteiger partial charge in [-0.25, -0.2) is 4.79 Å². The van der Waals surface area contributed by atoms with Crippen molar-refractivity contribution in [3.05, 3.63) is 75.8 Å². The van der Waals surface area contributed by atoms with Crippen LogP contribution in [0.3, 0.4) is 0 Å². The first kappa shape index (κ1) is 19.9. The molecule has 0 unspecified atom stereocenters. The molecule has 0 aliphatic carbocycles. The number of hydrogen-bond donors (Lipinski definition) is 1. The molecule has 5 heteroatoms. The number of carbonyl (C=O) groups is 2. The second-order valence-corrected chi connectivity index (χ2v) is 6.85. The third-order valence-corrected chi connectivity index (χ3v) is 4.38. The third-order valence-electron chi connectivity index (χ3n) is 3.85. The molecule has 1 amide bonds. The number of amides is 1. The van der Waals surface area contributed by atoms with Gasteiger partial charge < -0.3 is 10.1 Å². The highest BCUT2D eigenvalue weighted by molar-refractivity contribution is 9.10. The lowest BCUT2D eigenvalue weighted by atomic mass is 10.0. The number of ether oxygens (including phenoxy) is 1. The molecule has 26 heavy (non-hydrogen) atoms. The second-order valence-electron chi connectivity index (χ2n) is 5.93. The average molecular weight is 416 g/mol. The van der Waals surface area contributed by atoms with Crippen LogP contribution >= 0.6 is 15.9 Å². The Bertz CT molecular complexity index is 767. The van der Waals surface area contributed by atoms with Gasteiger partial charge in [-0.05, 0) is 42.7 Å². The Hall–Kier alpha value is -2.40. The van der Waals surface area contributed by atoms with E-state index < -0.39 is 5.97 Å². The Labute approximate surface area is 162 Å². The highest BCUT2D eigenvalue weighted by Crippen LogP contribution is 2.19. The van der Waals surface area contributed by atoms with Gasteiger partial charge in [0.05, 0.1) is 6.04 Å². The second kappa shape index (κ2) is 9.92. The first-order valence-corrected chi connectivity index (χ1v) is 9.23. The Morgan fingerprint density at radius 2 is 1.77 bits per heavy atom. The van der Waals surface area contributed by atoms with E-state index in [-0.39, 0.29) is 18.6 Å². The lowest BCUT2D eigenvalue weighted by molar-refractivity contribution is -0.144. The summed E-state index contributed by atoms with van der Waals surface area (Å²) in [7, 11) is 0. The van der Waals surface area contributed by atoms with E-state index in [0.717, 1.165) is 27.6 Å². The molecule has 0 fully saturated rings. The van der Waals surface area contributed by atoms with Crippen LogP contribution in [-0.2, 0) is 14.3 Å². The van der Waals surface area contributed by atoms with E-state index in [4.69, 9.17) is 4.74 Å². The van der Waals surface area contributed by atoms with Gasteiger partial charge in [-0.15, -0.1) is 0 Å². The van der Waals surface area contributed by atoms with Crippen LogP contribution in [0.4, 0.5) is 0 Å². The number of hydrogen-bond acceptors (Lipinski definition) is 3. The number of carbonyl (C=O) groups excluding carboxylic acids is 2. The minimum atomic E-state index is -0.544. The molecule has 0 radical (unpaired) electrons. The Kier molecular flexibility index (Phi) is 7.60. The molecule has 136 valence electrons. The van der Waals surface area contributed by atoms with Crippen molar-refractivity contribution >= 4 is 33.9 Å². The van der Waals surface area contributed by atoms with E-state index in [1.807, 2.05) is 62.4 Å². The van der Waals surface area contributed by atoms with E-state index in [0.29, 0.717) is 0 Å². The van der Waals surface area contributed by atoms with Crippen molar-refractivity contribution in [2.75, 3.05) is 6.61 Å². The Morgan fingerprint density at radius 3 is 2.38 bits per heavy atom. The topological polar surface area (TPSA) is 55.4 Å². The van der Waals surface area contributed by atoms with Crippen LogP contribution < -0.4 is 5.32 Å². The van der Waals surface area contributed by atoms with Crippen LogP contribution in [-0.4, -0.2) is 18.5 Å². The van der Waals surface area contributed by atoms with Gasteiger partial charge in [-0.2, -0.15) is 0 Å². The standard InChI is InChI=1S/C21H22BrNO3/c1-3-19(17-9-11-18(22)12-10-17)23-20(24)14-26-21(25)13-8-16-6-4-15(2)5-7-16/h4-13,19H,3,14H2,1-2H3,(H,23,24)/b13-8+/t19-/m0/s1. The third kappa shape index (κ3) is 6.48. The summed E-state index contributed by atoms with van der Waals surface area (Å²) >= 11 is 3.39. The zero-order chi connectivity index (χ0) is 18.9. The van der Waals surface area contributed by atoms with Crippen molar-refractivity contribution in [3.8, 4) is 0 Å². The molecule has 0 aliphatic rings. The fourth-order valence-electron chi connectivity index (χ4n) is 2.38. The van der Waals surface area contributed by atoms with Gasteiger partial charge >= 0.3 is 5.97 Å². The first-order valence-electron chi connectivity index (χ1n) is 8.44. The predicted octanol–water partition coefficient (Wildman–Crippen LogP) is 4.58. The zero-order valence-electron chi connectivity index (χ0n) is 14.9. The molecule has 0 aromatic heterocycles. The lowest BCUT2D eigenvalue weighted by Gasteiger charge is -2.17. The summed E-state index contributed by atoms with van der Waals surface area (Å²) in [5.74, 6) is -0.866. The fourth-order valence-corrected chi connectivity index (χ4v) is 2.64. The summed E-state index contributed by atoms with van der Waals surface area (Å²) in [6.07, 6.45) is 3.73. The monoisotopic (exact) mass is 415 g/mol. The minimum Gasteiger partial charge on any atom is -0.452 e. The van der Waals surface area contributed by atoms with Gasteiger partial charge in [0.2, 0.25) is 0 Å². The van der Waals surface area contributed by atoms with Crippen LogP contribution in [0, 0.1) is 6.92 Å². The Morgan fingerprint density at radius 1 is 1.12 bits per heavy atom. The van der Waals surface area contributed by atoms with Crippen LogP contribution in [0.5, 0.6) is 0 Å². The molecule has 0 heterocycles. The summed E-state index contributed by atoms with van der Waals surface area (Å²) in [4.78, 5) is 23.8. The lowest BCUT2D eigenvalue weighted by Crippen LogP contribution is -2.32. The van der Waals surface area contributed by atoms with Gasteiger partial charge in [0.15, 0.2) is 6.61 Å². The smallest absolute Gasteiger partial charge is 0.331 e. The van der Waals surface area contributed by atoms with Crippen molar-refractivity contribution in [2.24, 2.45) is 0 Å². The molecule has 2 aromatic rings. The zero-order valence-corrected chi connectivity index (χ0v) is 16.5. The van der Waals surface area contributed by atoms with Gasteiger partial charge in [0.25, 0.3) is 5.91 Å². The van der Waals surface area contributed by atoms with Crippen LogP contribution in [0.15, 0.2) is 59.1 Å². The molecular weight excluding hydrogens is 394 g/mol. The number of nitrogens with one attached hydrogen (secondary N) is 1. The normalized spacial score (nSPS) is 12.0. The summed E-state index contributed by atoms with van der Waals surface area (Å²) in [6.45, 7) is 3.69. The van der Waals surface area contributed by atoms with Crippen molar-refractivity contribution in [1.82, 2.24) is 5.32 Å². The summed E-state index contributed by atoms with van der Waals surface area (Å²) < 4.78 is 5.99. The van der Waals surface area contributed by atoms with E-state index in [2.05, 4.69) is 21.2 Å². The van der Waals surface area contributed by atoms with E-state index >= 15 is 0 Å². The quantitative estimate of drug-likeness (QED) is 0.531. The molecule has 1 atom stereocenters. The highest BCUT2D eigenvalue weighted by atomic mass is 79.9. The number of aryl methyl sites for hydroxylation is 1. The van der Waals surface area contributed by atoms with Crippen LogP contribution in [0.2, 0.25) is 0 Å². The number of halogens is 1. The molecule has 0 saturated heterocycles.